The van der Waals surface area contributed by atoms with Gasteiger partial charge in [-0.2, -0.15) is 0 Å². The number of hydrogen-bond acceptors (Lipinski definition) is 2. The Kier molecular flexibility index (Phi) is 5.51. The van der Waals surface area contributed by atoms with Crippen molar-refractivity contribution in [1.29, 1.82) is 0 Å². The Hall–Kier alpha value is -0.540. The molecule has 0 spiro atoms. The standard InChI is InChI=1S/C15H22BrNO/c1-2-17-14(13-10-11-18-15(13)16)12-8-6-4-3-5-7-9-12/h8,10-11,14,17H,2-7,9H2,1H3/b12-8+. The highest BCUT2D eigenvalue weighted by atomic mass is 79.9. The molecule has 100 valence electrons. The predicted octanol–water partition coefficient (Wildman–Crippen LogP) is 4.97. The second-order valence-corrected chi connectivity index (χ2v) is 5.59. The molecule has 1 aliphatic carbocycles. The van der Waals surface area contributed by atoms with E-state index in [-0.39, 0.29) is 0 Å². The van der Waals surface area contributed by atoms with Crippen molar-refractivity contribution in [3.63, 3.8) is 0 Å². The van der Waals surface area contributed by atoms with Crippen LogP contribution in [-0.4, -0.2) is 6.54 Å². The number of likely N-dealkylation sites (N-methyl/N-ethyl adjacent to an activating group) is 1. The average Bonchev–Trinajstić information content (AvgIpc) is 2.73. The third-order valence-electron chi connectivity index (χ3n) is 3.56. The minimum atomic E-state index is 0.307. The molecular weight excluding hydrogens is 290 g/mol. The van der Waals surface area contributed by atoms with Crippen LogP contribution in [-0.2, 0) is 0 Å². The number of furan rings is 1. The van der Waals surface area contributed by atoms with Crippen molar-refractivity contribution in [2.75, 3.05) is 6.54 Å². The van der Waals surface area contributed by atoms with E-state index in [2.05, 4.69) is 40.3 Å². The molecule has 0 bridgehead atoms. The number of rotatable bonds is 4. The molecule has 3 heteroatoms. The summed E-state index contributed by atoms with van der Waals surface area (Å²) >= 11 is 3.50. The maximum Gasteiger partial charge on any atom is 0.174 e. The van der Waals surface area contributed by atoms with Crippen molar-refractivity contribution in [2.45, 2.75) is 51.5 Å². The monoisotopic (exact) mass is 311 g/mol. The maximum absolute atomic E-state index is 5.39. The fourth-order valence-electron chi connectivity index (χ4n) is 2.63. The molecule has 1 aliphatic rings. The second-order valence-electron chi connectivity index (χ2n) is 4.87. The molecule has 2 nitrogen and oxygen atoms in total. The summed E-state index contributed by atoms with van der Waals surface area (Å²) < 4.78 is 6.25. The van der Waals surface area contributed by atoms with Crippen LogP contribution >= 0.6 is 15.9 Å². The molecule has 0 amide bonds. The van der Waals surface area contributed by atoms with Crippen LogP contribution in [0.25, 0.3) is 0 Å². The van der Waals surface area contributed by atoms with E-state index in [9.17, 15) is 0 Å². The largest absolute Gasteiger partial charge is 0.457 e. The van der Waals surface area contributed by atoms with Crippen LogP contribution < -0.4 is 5.32 Å². The van der Waals surface area contributed by atoms with E-state index in [1.165, 1.54) is 49.7 Å². The minimum Gasteiger partial charge on any atom is -0.457 e. The molecule has 1 aromatic heterocycles. The Morgan fingerprint density at radius 2 is 2.17 bits per heavy atom. The van der Waals surface area contributed by atoms with Gasteiger partial charge in [-0.05, 0) is 54.2 Å². The van der Waals surface area contributed by atoms with E-state index in [4.69, 9.17) is 4.42 Å². The third kappa shape index (κ3) is 3.48. The summed E-state index contributed by atoms with van der Waals surface area (Å²) in [4.78, 5) is 0. The zero-order chi connectivity index (χ0) is 12.8. The van der Waals surface area contributed by atoms with Gasteiger partial charge < -0.3 is 9.73 Å². The Morgan fingerprint density at radius 1 is 1.33 bits per heavy atom. The molecular formula is C15H22BrNO. The van der Waals surface area contributed by atoms with E-state index >= 15 is 0 Å². The van der Waals surface area contributed by atoms with Crippen molar-refractivity contribution in [1.82, 2.24) is 5.32 Å². The van der Waals surface area contributed by atoms with E-state index in [1.807, 2.05) is 0 Å². The normalized spacial score (nSPS) is 21.8. The average molecular weight is 312 g/mol. The second kappa shape index (κ2) is 7.15. The summed E-state index contributed by atoms with van der Waals surface area (Å²) in [7, 11) is 0. The van der Waals surface area contributed by atoms with Gasteiger partial charge in [0, 0.05) is 5.56 Å². The van der Waals surface area contributed by atoms with Gasteiger partial charge in [-0.25, -0.2) is 0 Å². The first kappa shape index (κ1) is 13.9. The fraction of sp³-hybridized carbons (Fsp3) is 0.600. The van der Waals surface area contributed by atoms with E-state index in [1.54, 1.807) is 6.26 Å². The molecule has 1 atom stereocenters. The summed E-state index contributed by atoms with van der Waals surface area (Å²) in [6.45, 7) is 3.13. The number of allylic oxidation sites excluding steroid dienone is 1. The first-order valence-corrected chi connectivity index (χ1v) is 7.77. The van der Waals surface area contributed by atoms with E-state index in [0.717, 1.165) is 11.2 Å². The molecule has 0 aliphatic heterocycles. The minimum absolute atomic E-state index is 0.307. The summed E-state index contributed by atoms with van der Waals surface area (Å²) in [5, 5.41) is 3.59. The zero-order valence-electron chi connectivity index (χ0n) is 11.0. The molecule has 1 N–H and O–H groups in total. The van der Waals surface area contributed by atoms with Crippen molar-refractivity contribution < 1.29 is 4.42 Å². The van der Waals surface area contributed by atoms with Crippen molar-refractivity contribution in [2.24, 2.45) is 0 Å². The molecule has 1 unspecified atom stereocenters. The van der Waals surface area contributed by atoms with Crippen LogP contribution in [0.5, 0.6) is 0 Å². The topological polar surface area (TPSA) is 25.2 Å². The summed E-state index contributed by atoms with van der Waals surface area (Å²) in [5.74, 6) is 0. The van der Waals surface area contributed by atoms with E-state index < -0.39 is 0 Å². The Morgan fingerprint density at radius 3 is 2.89 bits per heavy atom. The highest BCUT2D eigenvalue weighted by molar-refractivity contribution is 9.10. The van der Waals surface area contributed by atoms with E-state index in [0.29, 0.717) is 6.04 Å². The van der Waals surface area contributed by atoms with Crippen molar-refractivity contribution in [3.05, 3.63) is 34.2 Å². The SMILES string of the molecule is CCNC(/C1=C/CCCCCC1)c1ccoc1Br. The van der Waals surface area contributed by atoms with Gasteiger partial charge in [0.2, 0.25) is 0 Å². The summed E-state index contributed by atoms with van der Waals surface area (Å²) in [6.07, 6.45) is 12.0. The highest BCUT2D eigenvalue weighted by Crippen LogP contribution is 2.33. The number of nitrogens with one attached hydrogen (secondary N) is 1. The molecule has 0 radical (unpaired) electrons. The maximum atomic E-state index is 5.39. The molecule has 0 saturated heterocycles. The van der Waals surface area contributed by atoms with Crippen LogP contribution in [0.2, 0.25) is 0 Å². The lowest BCUT2D eigenvalue weighted by molar-refractivity contribution is 0.515. The quantitative estimate of drug-likeness (QED) is 0.794. The predicted molar refractivity (Wildman–Crippen MR) is 78.6 cm³/mol. The highest BCUT2D eigenvalue weighted by Gasteiger charge is 2.20. The van der Waals surface area contributed by atoms with Crippen LogP contribution in [0.15, 0.2) is 33.1 Å². The van der Waals surface area contributed by atoms with Crippen LogP contribution in [0.4, 0.5) is 0 Å². The van der Waals surface area contributed by atoms with Crippen LogP contribution in [0.3, 0.4) is 0 Å². The number of halogens is 1. The van der Waals surface area contributed by atoms with Crippen molar-refractivity contribution in [3.8, 4) is 0 Å². The third-order valence-corrected chi connectivity index (χ3v) is 4.21. The van der Waals surface area contributed by atoms with Gasteiger partial charge in [-0.1, -0.05) is 31.4 Å². The summed E-state index contributed by atoms with van der Waals surface area (Å²) in [6, 6.07) is 2.37. The van der Waals surface area contributed by atoms with Gasteiger partial charge >= 0.3 is 0 Å². The van der Waals surface area contributed by atoms with Crippen LogP contribution in [0.1, 0.15) is 57.1 Å². The molecule has 0 fully saturated rings. The first-order chi connectivity index (χ1) is 8.83. The van der Waals surface area contributed by atoms with Crippen LogP contribution in [0, 0.1) is 0 Å². The molecule has 0 aromatic carbocycles. The molecule has 2 rings (SSSR count). The lowest BCUT2D eigenvalue weighted by Crippen LogP contribution is -2.23. The fourth-order valence-corrected chi connectivity index (χ4v) is 3.10. The molecule has 1 aromatic rings. The van der Waals surface area contributed by atoms with Gasteiger partial charge in [0.05, 0.1) is 12.3 Å². The van der Waals surface area contributed by atoms with Gasteiger partial charge in [0.1, 0.15) is 0 Å². The van der Waals surface area contributed by atoms with Crippen molar-refractivity contribution >= 4 is 15.9 Å². The Labute approximate surface area is 118 Å². The van der Waals surface area contributed by atoms with Gasteiger partial charge in [0.15, 0.2) is 4.67 Å². The lowest BCUT2D eigenvalue weighted by Gasteiger charge is -2.22. The summed E-state index contributed by atoms with van der Waals surface area (Å²) in [5.41, 5.74) is 2.75. The molecule has 18 heavy (non-hydrogen) atoms. The molecule has 0 saturated carbocycles. The van der Waals surface area contributed by atoms with Gasteiger partial charge in [-0.15, -0.1) is 0 Å². The smallest absolute Gasteiger partial charge is 0.174 e. The van der Waals surface area contributed by atoms with Gasteiger partial charge in [0.25, 0.3) is 0 Å². The lowest BCUT2D eigenvalue weighted by atomic mass is 9.92. The number of hydrogen-bond donors (Lipinski definition) is 1. The van der Waals surface area contributed by atoms with Gasteiger partial charge in [-0.3, -0.25) is 0 Å². The Bertz CT molecular complexity index is 397. The molecule has 1 heterocycles. The Balaban J connectivity index is 2.20. The first-order valence-electron chi connectivity index (χ1n) is 6.98. The zero-order valence-corrected chi connectivity index (χ0v) is 12.6.